The lowest BCUT2D eigenvalue weighted by molar-refractivity contribution is -0.163. The molecule has 1 aliphatic carbocycles. The van der Waals surface area contributed by atoms with E-state index < -0.39 is 0 Å². The van der Waals surface area contributed by atoms with Gasteiger partial charge in [0, 0.05) is 19.1 Å². The number of carbonyl (C=O) groups is 1. The summed E-state index contributed by atoms with van der Waals surface area (Å²) < 4.78 is 5.37. The topological polar surface area (TPSA) is 29.5 Å². The Hall–Kier alpha value is -0.830. The zero-order valence-corrected chi connectivity index (χ0v) is 11.7. The van der Waals surface area contributed by atoms with E-state index in [1.807, 2.05) is 13.0 Å². The van der Waals surface area contributed by atoms with E-state index in [0.717, 1.165) is 38.8 Å². The first-order valence-electron chi connectivity index (χ1n) is 7.16. The van der Waals surface area contributed by atoms with Gasteiger partial charge in [0.1, 0.15) is 0 Å². The highest BCUT2D eigenvalue weighted by atomic mass is 16.5. The standard InChI is InChI=1S/C15H25NO2/c1-4-9-16-11-12(3)10-15(14(17)18-5-2)8-6-7-13(15)16/h4,12-13H,1,5-11H2,2-3H3/t12-,13+,15+/m0/s1. The smallest absolute Gasteiger partial charge is 0.313 e. The summed E-state index contributed by atoms with van der Waals surface area (Å²) in [5.41, 5.74) is -0.239. The second kappa shape index (κ2) is 5.43. The molecule has 0 N–H and O–H groups in total. The fraction of sp³-hybridized carbons (Fsp3) is 0.800. The summed E-state index contributed by atoms with van der Waals surface area (Å²) in [6.07, 6.45) is 6.20. The average Bonchev–Trinajstić information content (AvgIpc) is 2.74. The van der Waals surface area contributed by atoms with Crippen molar-refractivity contribution in [3.63, 3.8) is 0 Å². The minimum Gasteiger partial charge on any atom is -0.466 e. The van der Waals surface area contributed by atoms with E-state index in [9.17, 15) is 4.79 Å². The van der Waals surface area contributed by atoms with Crippen LogP contribution in [0.4, 0.5) is 0 Å². The Morgan fingerprint density at radius 2 is 2.39 bits per heavy atom. The van der Waals surface area contributed by atoms with Crippen molar-refractivity contribution < 1.29 is 9.53 Å². The first-order valence-corrected chi connectivity index (χ1v) is 7.16. The maximum Gasteiger partial charge on any atom is 0.313 e. The predicted octanol–water partition coefficient (Wildman–Crippen LogP) is 2.62. The highest BCUT2D eigenvalue weighted by Crippen LogP contribution is 2.49. The van der Waals surface area contributed by atoms with Crippen LogP contribution in [0.1, 0.15) is 39.5 Å². The molecule has 1 aliphatic heterocycles. The Labute approximate surface area is 110 Å². The molecule has 0 aromatic rings. The first-order chi connectivity index (χ1) is 8.64. The van der Waals surface area contributed by atoms with E-state index in [0.29, 0.717) is 18.6 Å². The molecule has 18 heavy (non-hydrogen) atoms. The van der Waals surface area contributed by atoms with E-state index in [1.54, 1.807) is 0 Å². The van der Waals surface area contributed by atoms with Crippen LogP contribution in [0.2, 0.25) is 0 Å². The molecule has 0 radical (unpaired) electrons. The van der Waals surface area contributed by atoms with Crippen LogP contribution in [0.25, 0.3) is 0 Å². The van der Waals surface area contributed by atoms with Crippen LogP contribution < -0.4 is 0 Å². The van der Waals surface area contributed by atoms with Gasteiger partial charge in [-0.2, -0.15) is 0 Å². The van der Waals surface area contributed by atoms with Crippen molar-refractivity contribution in [1.82, 2.24) is 4.90 Å². The first kappa shape index (κ1) is 13.6. The number of hydrogen-bond acceptors (Lipinski definition) is 3. The summed E-state index contributed by atoms with van der Waals surface area (Å²) in [6, 6.07) is 0.366. The quantitative estimate of drug-likeness (QED) is 0.568. The molecule has 102 valence electrons. The van der Waals surface area contributed by atoms with Gasteiger partial charge < -0.3 is 4.74 Å². The van der Waals surface area contributed by atoms with Gasteiger partial charge in [0.25, 0.3) is 0 Å². The van der Waals surface area contributed by atoms with E-state index in [4.69, 9.17) is 4.74 Å². The molecule has 1 saturated carbocycles. The molecular formula is C15H25NO2. The number of hydrogen-bond donors (Lipinski definition) is 0. The molecule has 0 bridgehead atoms. The lowest BCUT2D eigenvalue weighted by atomic mass is 9.71. The number of fused-ring (bicyclic) bond motifs is 1. The van der Waals surface area contributed by atoms with Crippen LogP contribution in [0.3, 0.4) is 0 Å². The fourth-order valence-corrected chi connectivity index (χ4v) is 4.00. The number of likely N-dealkylation sites (tertiary alicyclic amines) is 1. The van der Waals surface area contributed by atoms with Gasteiger partial charge in [-0.3, -0.25) is 9.69 Å². The number of ether oxygens (including phenoxy) is 1. The Morgan fingerprint density at radius 3 is 3.06 bits per heavy atom. The second-order valence-electron chi connectivity index (χ2n) is 5.84. The molecule has 0 aromatic carbocycles. The van der Waals surface area contributed by atoms with Gasteiger partial charge in [0.15, 0.2) is 0 Å². The molecule has 0 aromatic heterocycles. The van der Waals surface area contributed by atoms with Crippen molar-refractivity contribution in [2.75, 3.05) is 19.7 Å². The molecule has 2 fully saturated rings. The molecule has 1 saturated heterocycles. The van der Waals surface area contributed by atoms with Crippen LogP contribution >= 0.6 is 0 Å². The van der Waals surface area contributed by atoms with Crippen LogP contribution in [0.5, 0.6) is 0 Å². The van der Waals surface area contributed by atoms with Crippen LogP contribution in [-0.4, -0.2) is 36.6 Å². The summed E-state index contributed by atoms with van der Waals surface area (Å²) in [6.45, 7) is 10.4. The summed E-state index contributed by atoms with van der Waals surface area (Å²) in [5.74, 6) is 0.594. The largest absolute Gasteiger partial charge is 0.466 e. The van der Waals surface area contributed by atoms with Gasteiger partial charge >= 0.3 is 5.97 Å². The van der Waals surface area contributed by atoms with Crippen LogP contribution in [-0.2, 0) is 9.53 Å². The zero-order valence-electron chi connectivity index (χ0n) is 11.7. The minimum absolute atomic E-state index is 0.0353. The lowest BCUT2D eigenvalue weighted by Gasteiger charge is -2.47. The number of rotatable bonds is 4. The van der Waals surface area contributed by atoms with Gasteiger partial charge in [0.05, 0.1) is 12.0 Å². The summed E-state index contributed by atoms with van der Waals surface area (Å²) in [5, 5.41) is 0. The molecule has 2 aliphatic rings. The van der Waals surface area contributed by atoms with Crippen molar-refractivity contribution in [1.29, 1.82) is 0 Å². The van der Waals surface area contributed by atoms with E-state index in [-0.39, 0.29) is 11.4 Å². The summed E-state index contributed by atoms with van der Waals surface area (Å²) in [7, 11) is 0. The Balaban J connectivity index is 2.24. The maximum absolute atomic E-state index is 12.4. The number of piperidine rings is 1. The van der Waals surface area contributed by atoms with Crippen LogP contribution in [0.15, 0.2) is 12.7 Å². The van der Waals surface area contributed by atoms with E-state index in [1.165, 1.54) is 0 Å². The predicted molar refractivity (Wildman–Crippen MR) is 72.3 cm³/mol. The average molecular weight is 251 g/mol. The molecule has 0 spiro atoms. The molecule has 0 unspecified atom stereocenters. The third kappa shape index (κ3) is 2.20. The van der Waals surface area contributed by atoms with Crippen molar-refractivity contribution in [2.45, 2.75) is 45.6 Å². The SMILES string of the molecule is C=CCN1C[C@@H](C)C[C@]2(C(=O)OCC)CCC[C@@H]12. The van der Waals surface area contributed by atoms with E-state index >= 15 is 0 Å². The maximum atomic E-state index is 12.4. The van der Waals surface area contributed by atoms with Crippen molar-refractivity contribution in [3.8, 4) is 0 Å². The molecule has 3 nitrogen and oxygen atoms in total. The molecule has 0 amide bonds. The van der Waals surface area contributed by atoms with Crippen molar-refractivity contribution in [3.05, 3.63) is 12.7 Å². The number of carbonyl (C=O) groups excluding carboxylic acids is 1. The normalized spacial score (nSPS) is 36.1. The number of esters is 1. The third-order valence-electron chi connectivity index (χ3n) is 4.48. The molecular weight excluding hydrogens is 226 g/mol. The monoisotopic (exact) mass is 251 g/mol. The zero-order chi connectivity index (χ0) is 13.2. The molecule has 2 rings (SSSR count). The van der Waals surface area contributed by atoms with Gasteiger partial charge in [0.2, 0.25) is 0 Å². The Bertz CT molecular complexity index is 328. The molecule has 3 atom stereocenters. The van der Waals surface area contributed by atoms with Crippen molar-refractivity contribution in [2.24, 2.45) is 11.3 Å². The Morgan fingerprint density at radius 1 is 1.61 bits per heavy atom. The Kier molecular flexibility index (Phi) is 4.10. The van der Waals surface area contributed by atoms with E-state index in [2.05, 4.69) is 18.4 Å². The highest BCUT2D eigenvalue weighted by Gasteiger charge is 2.55. The fourth-order valence-electron chi connectivity index (χ4n) is 4.00. The lowest BCUT2D eigenvalue weighted by Crippen LogP contribution is -2.55. The number of nitrogens with zero attached hydrogens (tertiary/aromatic N) is 1. The third-order valence-corrected chi connectivity index (χ3v) is 4.48. The van der Waals surface area contributed by atoms with Crippen LogP contribution in [0, 0.1) is 11.3 Å². The van der Waals surface area contributed by atoms with Gasteiger partial charge in [-0.25, -0.2) is 0 Å². The highest BCUT2D eigenvalue weighted by molar-refractivity contribution is 5.78. The van der Waals surface area contributed by atoms with Gasteiger partial charge in [-0.15, -0.1) is 6.58 Å². The minimum atomic E-state index is -0.239. The molecule has 1 heterocycles. The van der Waals surface area contributed by atoms with Gasteiger partial charge in [-0.05, 0) is 32.1 Å². The second-order valence-corrected chi connectivity index (χ2v) is 5.84. The molecule has 3 heteroatoms. The van der Waals surface area contributed by atoms with Gasteiger partial charge in [-0.1, -0.05) is 19.4 Å². The van der Waals surface area contributed by atoms with Crippen molar-refractivity contribution >= 4 is 5.97 Å². The summed E-state index contributed by atoms with van der Waals surface area (Å²) in [4.78, 5) is 14.9. The summed E-state index contributed by atoms with van der Waals surface area (Å²) >= 11 is 0.